The molecule has 0 spiro atoms. The Bertz CT molecular complexity index is 988. The lowest BCUT2D eigenvalue weighted by atomic mass is 10.3. The summed E-state index contributed by atoms with van der Waals surface area (Å²) in [5.41, 5.74) is 2.02. The van der Waals surface area contributed by atoms with Gasteiger partial charge in [0, 0.05) is 24.8 Å². The van der Waals surface area contributed by atoms with E-state index in [9.17, 15) is 4.79 Å². The molecule has 7 nitrogen and oxygen atoms in total. The van der Waals surface area contributed by atoms with Gasteiger partial charge in [0.2, 0.25) is 0 Å². The highest BCUT2D eigenvalue weighted by Gasteiger charge is 2.14. The minimum Gasteiger partial charge on any atom is -0.296 e. The summed E-state index contributed by atoms with van der Waals surface area (Å²) in [5.74, 6) is -0.246. The number of anilines is 1. The lowest BCUT2D eigenvalue weighted by Gasteiger charge is -2.00. The Morgan fingerprint density at radius 2 is 2.13 bits per heavy atom. The third-order valence-corrected chi connectivity index (χ3v) is 4.86. The maximum Gasteiger partial charge on any atom is 0.275 e. The molecule has 0 fully saturated rings. The summed E-state index contributed by atoms with van der Waals surface area (Å²) in [4.78, 5) is 26.2. The van der Waals surface area contributed by atoms with Gasteiger partial charge in [-0.2, -0.15) is 5.10 Å². The normalized spacial score (nSPS) is 11.0. The molecule has 0 radical (unpaired) electrons. The van der Waals surface area contributed by atoms with Crippen molar-refractivity contribution in [2.75, 3.05) is 5.32 Å². The van der Waals surface area contributed by atoms with Gasteiger partial charge in [0.1, 0.15) is 26.7 Å². The molecule has 0 aliphatic heterocycles. The van der Waals surface area contributed by atoms with Crippen LogP contribution in [0.1, 0.15) is 10.5 Å². The summed E-state index contributed by atoms with van der Waals surface area (Å²) in [5, 5.41) is 10.0. The van der Waals surface area contributed by atoms with Crippen molar-refractivity contribution in [2.24, 2.45) is 7.05 Å². The molecule has 0 saturated heterocycles. The highest BCUT2D eigenvalue weighted by atomic mass is 32.1. The van der Waals surface area contributed by atoms with Crippen LogP contribution < -0.4 is 5.32 Å². The number of pyridine rings is 1. The van der Waals surface area contributed by atoms with Gasteiger partial charge in [-0.25, -0.2) is 15.0 Å². The first kappa shape index (κ1) is 14.0. The van der Waals surface area contributed by atoms with Crippen LogP contribution in [-0.2, 0) is 7.05 Å². The Kier molecular flexibility index (Phi) is 3.36. The molecule has 4 rings (SSSR count). The molecule has 0 aromatic carbocycles. The van der Waals surface area contributed by atoms with Gasteiger partial charge in [-0.1, -0.05) is 11.3 Å². The number of aryl methyl sites for hydroxylation is 1. The summed E-state index contributed by atoms with van der Waals surface area (Å²) in [6.45, 7) is 0. The first-order valence-electron chi connectivity index (χ1n) is 6.67. The number of rotatable bonds is 3. The van der Waals surface area contributed by atoms with E-state index in [-0.39, 0.29) is 5.91 Å². The maximum absolute atomic E-state index is 12.2. The zero-order valence-corrected chi connectivity index (χ0v) is 13.6. The monoisotopic (exact) mass is 342 g/mol. The van der Waals surface area contributed by atoms with Crippen LogP contribution in [0.3, 0.4) is 0 Å². The first-order chi connectivity index (χ1) is 11.2. The van der Waals surface area contributed by atoms with Gasteiger partial charge in [0.15, 0.2) is 5.13 Å². The molecule has 1 N–H and O–H groups in total. The number of hydrogen-bond acceptors (Lipinski definition) is 7. The number of thiazole rings is 2. The van der Waals surface area contributed by atoms with Crippen molar-refractivity contribution in [3.8, 4) is 10.7 Å². The van der Waals surface area contributed by atoms with Gasteiger partial charge in [-0.05, 0) is 18.2 Å². The van der Waals surface area contributed by atoms with Crippen LogP contribution in [0.4, 0.5) is 5.13 Å². The number of aromatic nitrogens is 5. The Hall–Kier alpha value is -2.65. The second-order valence-corrected chi connectivity index (χ2v) is 6.54. The molecule has 0 aliphatic carbocycles. The Morgan fingerprint density at radius 3 is 2.87 bits per heavy atom. The smallest absolute Gasteiger partial charge is 0.275 e. The molecule has 1 amide bonds. The molecule has 0 unspecified atom stereocenters. The molecule has 0 bridgehead atoms. The summed E-state index contributed by atoms with van der Waals surface area (Å²) >= 11 is 2.87. The van der Waals surface area contributed by atoms with Crippen LogP contribution in [0.2, 0.25) is 0 Å². The van der Waals surface area contributed by atoms with Gasteiger partial charge in [-0.15, -0.1) is 11.3 Å². The van der Waals surface area contributed by atoms with Crippen molar-refractivity contribution in [3.05, 3.63) is 41.7 Å². The van der Waals surface area contributed by atoms with Crippen molar-refractivity contribution in [1.29, 1.82) is 0 Å². The lowest BCUT2D eigenvalue weighted by molar-refractivity contribution is 0.101. The number of carbonyl (C=O) groups is 1. The second-order valence-electron chi connectivity index (χ2n) is 4.67. The van der Waals surface area contributed by atoms with Gasteiger partial charge in [-0.3, -0.25) is 14.8 Å². The maximum atomic E-state index is 12.2. The third kappa shape index (κ3) is 2.60. The largest absolute Gasteiger partial charge is 0.296 e. The number of hydrogen-bond donors (Lipinski definition) is 1. The van der Waals surface area contributed by atoms with E-state index >= 15 is 0 Å². The Labute approximate surface area is 138 Å². The molecular weight excluding hydrogens is 332 g/mol. The van der Waals surface area contributed by atoms with Crippen molar-refractivity contribution < 1.29 is 4.79 Å². The Balaban J connectivity index is 1.64. The topological polar surface area (TPSA) is 85.6 Å². The fourth-order valence-electron chi connectivity index (χ4n) is 2.10. The second kappa shape index (κ2) is 5.52. The summed E-state index contributed by atoms with van der Waals surface area (Å²) in [6.07, 6.45) is 3.33. The van der Waals surface area contributed by atoms with Gasteiger partial charge >= 0.3 is 0 Å². The van der Waals surface area contributed by atoms with E-state index in [4.69, 9.17) is 0 Å². The van der Waals surface area contributed by atoms with Crippen LogP contribution >= 0.6 is 22.7 Å². The zero-order valence-electron chi connectivity index (χ0n) is 11.9. The zero-order chi connectivity index (χ0) is 15.8. The number of nitrogens with one attached hydrogen (secondary N) is 1. The van der Waals surface area contributed by atoms with E-state index in [1.165, 1.54) is 27.4 Å². The predicted octanol–water partition coefficient (Wildman–Crippen LogP) is 2.80. The minimum absolute atomic E-state index is 0.246. The number of amides is 1. The molecule has 0 aliphatic rings. The van der Waals surface area contributed by atoms with E-state index in [1.54, 1.807) is 25.5 Å². The van der Waals surface area contributed by atoms with E-state index in [1.807, 2.05) is 17.5 Å². The van der Waals surface area contributed by atoms with Crippen molar-refractivity contribution in [3.63, 3.8) is 0 Å². The summed E-state index contributed by atoms with van der Waals surface area (Å²) in [6, 6.07) is 5.42. The average molecular weight is 342 g/mol. The fraction of sp³-hybridized carbons (Fsp3) is 0.0714. The molecule has 114 valence electrons. The van der Waals surface area contributed by atoms with Gasteiger partial charge in [0.25, 0.3) is 5.91 Å². The van der Waals surface area contributed by atoms with E-state index in [0.29, 0.717) is 10.8 Å². The van der Waals surface area contributed by atoms with Crippen LogP contribution in [0.25, 0.3) is 21.0 Å². The number of nitrogens with zero attached hydrogens (tertiary/aromatic N) is 5. The van der Waals surface area contributed by atoms with Crippen LogP contribution in [0.15, 0.2) is 36.0 Å². The number of fused-ring (bicyclic) bond motifs is 1. The highest BCUT2D eigenvalue weighted by molar-refractivity contribution is 7.22. The van der Waals surface area contributed by atoms with Crippen LogP contribution in [0.5, 0.6) is 0 Å². The quantitative estimate of drug-likeness (QED) is 0.619. The third-order valence-electron chi connectivity index (χ3n) is 3.18. The molecule has 4 aromatic heterocycles. The standard InChI is InChI=1S/C14H10N6OS2/c1-20-10(4-5-16-20)11(21)19-14-18-9-3-2-8(17-13(9)23-14)12-15-6-7-22-12/h2-7H,1H3,(H,18,19,21). The van der Waals surface area contributed by atoms with E-state index in [2.05, 4.69) is 25.4 Å². The summed E-state index contributed by atoms with van der Waals surface area (Å²) < 4.78 is 1.52. The van der Waals surface area contributed by atoms with Crippen LogP contribution in [-0.4, -0.2) is 30.6 Å². The molecule has 0 saturated carbocycles. The van der Waals surface area contributed by atoms with Crippen LogP contribution in [0, 0.1) is 0 Å². The molecule has 9 heteroatoms. The van der Waals surface area contributed by atoms with Gasteiger partial charge in [0.05, 0.1) is 0 Å². The Morgan fingerprint density at radius 1 is 1.22 bits per heavy atom. The van der Waals surface area contributed by atoms with Crippen molar-refractivity contribution >= 4 is 44.1 Å². The fourth-order valence-corrected chi connectivity index (χ4v) is 3.54. The highest BCUT2D eigenvalue weighted by Crippen LogP contribution is 2.28. The SMILES string of the molecule is Cn1nccc1C(=O)Nc1nc2ccc(-c3nccs3)nc2s1. The molecule has 4 heterocycles. The molecule has 4 aromatic rings. The lowest BCUT2D eigenvalue weighted by Crippen LogP contribution is -2.15. The van der Waals surface area contributed by atoms with Gasteiger partial charge < -0.3 is 0 Å². The predicted molar refractivity (Wildman–Crippen MR) is 89.7 cm³/mol. The average Bonchev–Trinajstić information content (AvgIpc) is 3.25. The summed E-state index contributed by atoms with van der Waals surface area (Å²) in [7, 11) is 1.72. The molecule has 23 heavy (non-hydrogen) atoms. The molecular formula is C14H10N6OS2. The van der Waals surface area contributed by atoms with Crippen molar-refractivity contribution in [2.45, 2.75) is 0 Å². The van der Waals surface area contributed by atoms with E-state index < -0.39 is 0 Å². The molecule has 0 atom stereocenters. The van der Waals surface area contributed by atoms with Crippen molar-refractivity contribution in [1.82, 2.24) is 24.7 Å². The number of carbonyl (C=O) groups excluding carboxylic acids is 1. The minimum atomic E-state index is -0.246. The van der Waals surface area contributed by atoms with E-state index in [0.717, 1.165) is 21.0 Å². The first-order valence-corrected chi connectivity index (χ1v) is 8.37.